The fraction of sp³-hybridized carbons (Fsp3) is 0.538. The van der Waals surface area contributed by atoms with Crippen molar-refractivity contribution in [2.24, 2.45) is 0 Å². The van der Waals surface area contributed by atoms with Gasteiger partial charge in [0.1, 0.15) is 0 Å². The van der Waals surface area contributed by atoms with E-state index in [1.807, 2.05) is 18.2 Å². The Labute approximate surface area is 87.9 Å². The number of para-hydroxylation sites is 1. The molecule has 2 rings (SSSR count). The molecule has 0 aliphatic heterocycles. The minimum absolute atomic E-state index is 0.599. The standard InChI is InChI=1S/C13H19N/c1-11-7-5-6-10-13(11)14-12-8-3-2-4-9-12/h5-7,10,12,14H,2-4,8-9H2,1H3/i5D. The molecule has 1 nitrogen and oxygen atoms in total. The Morgan fingerprint density at radius 3 is 2.79 bits per heavy atom. The Kier molecular flexibility index (Phi) is 2.68. The molecule has 0 bridgehead atoms. The van der Waals surface area contributed by atoms with Crippen molar-refractivity contribution in [3.05, 3.63) is 29.8 Å². The Morgan fingerprint density at radius 2 is 2.07 bits per heavy atom. The summed E-state index contributed by atoms with van der Waals surface area (Å²) >= 11 is 0. The SMILES string of the molecule is [2H]c1ccc(NC2CCCCC2)c(C)c1. The van der Waals surface area contributed by atoms with Gasteiger partial charge < -0.3 is 5.32 Å². The van der Waals surface area contributed by atoms with E-state index in [9.17, 15) is 0 Å². The molecule has 0 heterocycles. The van der Waals surface area contributed by atoms with Gasteiger partial charge in [-0.05, 0) is 31.4 Å². The van der Waals surface area contributed by atoms with E-state index < -0.39 is 0 Å². The van der Waals surface area contributed by atoms with E-state index in [1.54, 1.807) is 0 Å². The van der Waals surface area contributed by atoms with Crippen LogP contribution in [0.2, 0.25) is 0 Å². The molecular weight excluding hydrogens is 170 g/mol. The van der Waals surface area contributed by atoms with Crippen LogP contribution in [0.5, 0.6) is 0 Å². The molecule has 1 N–H and O–H groups in total. The molecule has 0 aromatic heterocycles. The summed E-state index contributed by atoms with van der Waals surface area (Å²) in [6.07, 6.45) is 6.69. The van der Waals surface area contributed by atoms with Crippen LogP contribution in [-0.2, 0) is 0 Å². The van der Waals surface area contributed by atoms with Crippen LogP contribution in [0.1, 0.15) is 39.0 Å². The van der Waals surface area contributed by atoms with Crippen LogP contribution in [0.4, 0.5) is 5.69 Å². The average Bonchev–Trinajstić information content (AvgIpc) is 2.24. The van der Waals surface area contributed by atoms with E-state index in [0.717, 1.165) is 0 Å². The topological polar surface area (TPSA) is 12.0 Å². The lowest BCUT2D eigenvalue weighted by atomic mass is 9.95. The summed E-state index contributed by atoms with van der Waals surface area (Å²) in [5.41, 5.74) is 2.39. The molecule has 0 radical (unpaired) electrons. The van der Waals surface area contributed by atoms with Crippen molar-refractivity contribution in [2.45, 2.75) is 45.1 Å². The van der Waals surface area contributed by atoms with Crippen LogP contribution < -0.4 is 5.32 Å². The maximum Gasteiger partial charge on any atom is 0.0623 e. The van der Waals surface area contributed by atoms with E-state index >= 15 is 0 Å². The minimum Gasteiger partial charge on any atom is -0.382 e. The van der Waals surface area contributed by atoms with E-state index in [4.69, 9.17) is 1.37 Å². The number of benzene rings is 1. The highest BCUT2D eigenvalue weighted by atomic mass is 14.9. The smallest absolute Gasteiger partial charge is 0.0623 e. The van der Waals surface area contributed by atoms with Gasteiger partial charge in [0.05, 0.1) is 1.37 Å². The van der Waals surface area contributed by atoms with Crippen molar-refractivity contribution in [1.29, 1.82) is 0 Å². The van der Waals surface area contributed by atoms with Crippen LogP contribution in [0, 0.1) is 6.92 Å². The second kappa shape index (κ2) is 4.50. The molecule has 14 heavy (non-hydrogen) atoms. The summed E-state index contributed by atoms with van der Waals surface area (Å²) in [6, 6.07) is 7.06. The first kappa shape index (κ1) is 8.34. The normalized spacial score (nSPS) is 19.1. The fourth-order valence-electron chi connectivity index (χ4n) is 2.14. The van der Waals surface area contributed by atoms with Gasteiger partial charge in [-0.1, -0.05) is 37.4 Å². The van der Waals surface area contributed by atoms with Gasteiger partial charge in [0, 0.05) is 11.7 Å². The van der Waals surface area contributed by atoms with Crippen molar-refractivity contribution in [1.82, 2.24) is 0 Å². The van der Waals surface area contributed by atoms with Gasteiger partial charge in [-0.3, -0.25) is 0 Å². The van der Waals surface area contributed by atoms with E-state index in [2.05, 4.69) is 12.2 Å². The van der Waals surface area contributed by atoms with Crippen LogP contribution in [0.25, 0.3) is 0 Å². The number of aryl methyl sites for hydroxylation is 1. The quantitative estimate of drug-likeness (QED) is 0.749. The summed E-state index contributed by atoms with van der Waals surface area (Å²) < 4.78 is 7.52. The third-order valence-corrected chi connectivity index (χ3v) is 3.04. The molecule has 1 aromatic rings. The molecule has 1 fully saturated rings. The first-order chi connectivity index (χ1) is 7.25. The third-order valence-electron chi connectivity index (χ3n) is 3.04. The van der Waals surface area contributed by atoms with E-state index in [-0.39, 0.29) is 0 Å². The van der Waals surface area contributed by atoms with E-state index in [1.165, 1.54) is 43.4 Å². The maximum absolute atomic E-state index is 7.52. The predicted molar refractivity (Wildman–Crippen MR) is 61.7 cm³/mol. The van der Waals surface area contributed by atoms with Gasteiger partial charge >= 0.3 is 0 Å². The summed E-state index contributed by atoms with van der Waals surface area (Å²) in [5.74, 6) is 0. The number of rotatable bonds is 2. The van der Waals surface area contributed by atoms with Crippen LogP contribution >= 0.6 is 0 Å². The van der Waals surface area contributed by atoms with Gasteiger partial charge in [0.15, 0.2) is 0 Å². The lowest BCUT2D eigenvalue weighted by Crippen LogP contribution is -2.22. The Balaban J connectivity index is 2.03. The van der Waals surface area contributed by atoms with Crippen molar-refractivity contribution in [3.8, 4) is 0 Å². The van der Waals surface area contributed by atoms with Crippen LogP contribution in [-0.4, -0.2) is 6.04 Å². The number of hydrogen-bond donors (Lipinski definition) is 1. The summed E-state index contributed by atoms with van der Waals surface area (Å²) in [7, 11) is 0. The molecule has 76 valence electrons. The summed E-state index contributed by atoms with van der Waals surface area (Å²) in [4.78, 5) is 0. The molecule has 1 aliphatic carbocycles. The number of hydrogen-bond acceptors (Lipinski definition) is 1. The van der Waals surface area contributed by atoms with Crippen molar-refractivity contribution >= 4 is 5.69 Å². The van der Waals surface area contributed by atoms with Gasteiger partial charge in [0.25, 0.3) is 0 Å². The van der Waals surface area contributed by atoms with Gasteiger partial charge in [0.2, 0.25) is 0 Å². The Bertz CT molecular complexity index is 329. The summed E-state index contributed by atoms with van der Waals surface area (Å²) in [6.45, 7) is 2.07. The molecular formula is C13H19N. The highest BCUT2D eigenvalue weighted by molar-refractivity contribution is 5.50. The molecule has 0 saturated heterocycles. The minimum atomic E-state index is 0.599. The van der Waals surface area contributed by atoms with Gasteiger partial charge in [-0.2, -0.15) is 0 Å². The molecule has 0 spiro atoms. The first-order valence-corrected chi connectivity index (χ1v) is 5.59. The van der Waals surface area contributed by atoms with Crippen molar-refractivity contribution in [3.63, 3.8) is 0 Å². The van der Waals surface area contributed by atoms with Gasteiger partial charge in [-0.25, -0.2) is 0 Å². The molecule has 1 aromatic carbocycles. The first-order valence-electron chi connectivity index (χ1n) is 6.09. The Morgan fingerprint density at radius 1 is 1.29 bits per heavy atom. The molecule has 0 amide bonds. The average molecular weight is 190 g/mol. The summed E-state index contributed by atoms with van der Waals surface area (Å²) in [5, 5.41) is 3.59. The molecule has 1 aliphatic rings. The second-order valence-corrected chi connectivity index (χ2v) is 4.22. The number of nitrogens with one attached hydrogen (secondary N) is 1. The largest absolute Gasteiger partial charge is 0.382 e. The van der Waals surface area contributed by atoms with Crippen molar-refractivity contribution in [2.75, 3.05) is 5.32 Å². The van der Waals surface area contributed by atoms with Crippen LogP contribution in [0.3, 0.4) is 0 Å². The van der Waals surface area contributed by atoms with Crippen molar-refractivity contribution < 1.29 is 1.37 Å². The molecule has 1 saturated carbocycles. The highest BCUT2D eigenvalue weighted by Gasteiger charge is 2.13. The Hall–Kier alpha value is -0.980. The molecule has 1 heteroatoms. The lowest BCUT2D eigenvalue weighted by Gasteiger charge is -2.24. The van der Waals surface area contributed by atoms with Crippen LogP contribution in [0.15, 0.2) is 24.2 Å². The maximum atomic E-state index is 7.52. The van der Waals surface area contributed by atoms with Gasteiger partial charge in [-0.15, -0.1) is 0 Å². The number of anilines is 1. The fourth-order valence-corrected chi connectivity index (χ4v) is 2.14. The molecule has 0 unspecified atom stereocenters. The molecule has 0 atom stereocenters. The monoisotopic (exact) mass is 190 g/mol. The second-order valence-electron chi connectivity index (χ2n) is 4.22. The zero-order chi connectivity index (χ0) is 10.7. The zero-order valence-corrected chi connectivity index (χ0v) is 8.84. The predicted octanol–water partition coefficient (Wildman–Crippen LogP) is 3.74. The highest BCUT2D eigenvalue weighted by Crippen LogP contribution is 2.23. The lowest BCUT2D eigenvalue weighted by molar-refractivity contribution is 0.462. The zero-order valence-electron chi connectivity index (χ0n) is 9.84. The third kappa shape index (κ3) is 2.28. The van der Waals surface area contributed by atoms with E-state index in [0.29, 0.717) is 12.1 Å².